The third-order valence-corrected chi connectivity index (χ3v) is 2.85. The Kier molecular flexibility index (Phi) is 4.01. The molecule has 0 aliphatic carbocycles. The smallest absolute Gasteiger partial charge is 0.259 e. The van der Waals surface area contributed by atoms with Crippen LogP contribution in [-0.2, 0) is 0 Å². The molecular formula is C11H6Cl3N3O. The second-order valence-corrected chi connectivity index (χ2v) is 4.48. The van der Waals surface area contributed by atoms with E-state index in [1.165, 1.54) is 12.4 Å². The van der Waals surface area contributed by atoms with Crippen LogP contribution < -0.4 is 5.32 Å². The first-order chi connectivity index (χ1) is 8.58. The van der Waals surface area contributed by atoms with Crippen molar-refractivity contribution in [2.75, 3.05) is 5.32 Å². The summed E-state index contributed by atoms with van der Waals surface area (Å²) in [6.45, 7) is 0. The Morgan fingerprint density at radius 3 is 2.39 bits per heavy atom. The zero-order chi connectivity index (χ0) is 13.1. The van der Waals surface area contributed by atoms with Gasteiger partial charge in [-0.15, -0.1) is 0 Å². The summed E-state index contributed by atoms with van der Waals surface area (Å²) < 4.78 is 0. The molecule has 7 heteroatoms. The number of anilines is 1. The van der Waals surface area contributed by atoms with Gasteiger partial charge in [0, 0.05) is 0 Å². The molecule has 2 aromatic rings. The van der Waals surface area contributed by atoms with Gasteiger partial charge in [0.15, 0.2) is 5.82 Å². The number of rotatable bonds is 2. The number of carbonyl (C=O) groups is 1. The lowest BCUT2D eigenvalue weighted by molar-refractivity contribution is 0.102. The van der Waals surface area contributed by atoms with Crippen molar-refractivity contribution in [3.63, 3.8) is 0 Å². The van der Waals surface area contributed by atoms with Crippen LogP contribution in [0.25, 0.3) is 0 Å². The largest absolute Gasteiger partial charge is 0.305 e. The van der Waals surface area contributed by atoms with Gasteiger partial charge in [0.2, 0.25) is 0 Å². The number of halogens is 3. The first kappa shape index (κ1) is 13.1. The maximum atomic E-state index is 12.0. The molecule has 2 rings (SSSR count). The number of hydrogen-bond donors (Lipinski definition) is 1. The molecule has 1 heterocycles. The summed E-state index contributed by atoms with van der Waals surface area (Å²) >= 11 is 17.5. The van der Waals surface area contributed by atoms with Crippen LogP contribution in [-0.4, -0.2) is 15.9 Å². The van der Waals surface area contributed by atoms with Gasteiger partial charge in [0.1, 0.15) is 5.15 Å². The monoisotopic (exact) mass is 301 g/mol. The molecule has 0 aliphatic rings. The molecule has 1 amide bonds. The van der Waals surface area contributed by atoms with Crippen molar-refractivity contribution in [3.8, 4) is 0 Å². The van der Waals surface area contributed by atoms with Crippen LogP contribution in [0.5, 0.6) is 0 Å². The number of aromatic nitrogens is 2. The summed E-state index contributed by atoms with van der Waals surface area (Å²) in [6.07, 6.45) is 2.73. The summed E-state index contributed by atoms with van der Waals surface area (Å²) in [5, 5.41) is 3.21. The van der Waals surface area contributed by atoms with Gasteiger partial charge < -0.3 is 5.32 Å². The topological polar surface area (TPSA) is 54.9 Å². The summed E-state index contributed by atoms with van der Waals surface area (Å²) in [5.74, 6) is -0.245. The highest BCUT2D eigenvalue weighted by molar-refractivity contribution is 6.40. The minimum absolute atomic E-state index is 0.179. The molecule has 1 N–H and O–H groups in total. The average molecular weight is 303 g/mol. The summed E-state index contributed by atoms with van der Waals surface area (Å²) in [4.78, 5) is 19.7. The summed E-state index contributed by atoms with van der Waals surface area (Å²) in [7, 11) is 0. The molecule has 0 saturated heterocycles. The van der Waals surface area contributed by atoms with E-state index in [-0.39, 0.29) is 26.6 Å². The van der Waals surface area contributed by atoms with Gasteiger partial charge in [-0.2, -0.15) is 0 Å². The normalized spacial score (nSPS) is 10.2. The van der Waals surface area contributed by atoms with E-state index in [1.807, 2.05) is 0 Å². The van der Waals surface area contributed by atoms with Crippen LogP contribution in [0, 0.1) is 0 Å². The van der Waals surface area contributed by atoms with Crippen molar-refractivity contribution in [2.45, 2.75) is 0 Å². The second kappa shape index (κ2) is 5.52. The number of nitrogens with one attached hydrogen (secondary N) is 1. The second-order valence-electron chi connectivity index (χ2n) is 3.28. The fourth-order valence-corrected chi connectivity index (χ4v) is 2.01. The molecule has 0 radical (unpaired) electrons. The minimum atomic E-state index is -0.470. The van der Waals surface area contributed by atoms with Crippen LogP contribution in [0.15, 0.2) is 30.6 Å². The van der Waals surface area contributed by atoms with E-state index in [0.717, 1.165) is 0 Å². The van der Waals surface area contributed by atoms with Gasteiger partial charge in [-0.1, -0.05) is 40.9 Å². The van der Waals surface area contributed by atoms with Crippen molar-refractivity contribution in [2.24, 2.45) is 0 Å². The zero-order valence-corrected chi connectivity index (χ0v) is 11.1. The van der Waals surface area contributed by atoms with Gasteiger partial charge in [0.25, 0.3) is 5.91 Å². The lowest BCUT2D eigenvalue weighted by Crippen LogP contribution is -2.14. The molecule has 0 fully saturated rings. The number of benzene rings is 1. The highest BCUT2D eigenvalue weighted by Gasteiger charge is 2.15. The first-order valence-electron chi connectivity index (χ1n) is 4.81. The predicted molar refractivity (Wildman–Crippen MR) is 71.5 cm³/mol. The van der Waals surface area contributed by atoms with E-state index >= 15 is 0 Å². The molecular weight excluding hydrogens is 296 g/mol. The Balaban J connectivity index is 2.28. The van der Waals surface area contributed by atoms with Gasteiger partial charge in [-0.3, -0.25) is 9.78 Å². The Labute approximate surface area is 118 Å². The minimum Gasteiger partial charge on any atom is -0.305 e. The van der Waals surface area contributed by atoms with E-state index < -0.39 is 5.91 Å². The Hall–Kier alpha value is -1.36. The number of carbonyl (C=O) groups excluding carboxylic acids is 1. The molecule has 92 valence electrons. The van der Waals surface area contributed by atoms with Gasteiger partial charge in [0.05, 0.1) is 28.0 Å². The van der Waals surface area contributed by atoms with Crippen LogP contribution in [0.3, 0.4) is 0 Å². The van der Waals surface area contributed by atoms with Crippen molar-refractivity contribution in [3.05, 3.63) is 51.4 Å². The van der Waals surface area contributed by atoms with Crippen molar-refractivity contribution >= 4 is 46.5 Å². The Morgan fingerprint density at radius 2 is 1.78 bits per heavy atom. The van der Waals surface area contributed by atoms with E-state index in [0.29, 0.717) is 0 Å². The molecule has 0 saturated carbocycles. The number of amides is 1. The maximum absolute atomic E-state index is 12.0. The average Bonchev–Trinajstić information content (AvgIpc) is 2.28. The van der Waals surface area contributed by atoms with E-state index in [1.54, 1.807) is 18.2 Å². The zero-order valence-electron chi connectivity index (χ0n) is 8.82. The molecule has 1 aromatic heterocycles. The van der Waals surface area contributed by atoms with Gasteiger partial charge in [-0.25, -0.2) is 4.98 Å². The standard InChI is InChI=1S/C11H6Cl3N3O/c12-6-2-1-3-7(13)10(6)11(18)17-9-5-15-4-8(14)16-9/h1-5H,(H,16,17,18). The van der Waals surface area contributed by atoms with E-state index in [2.05, 4.69) is 15.3 Å². The maximum Gasteiger partial charge on any atom is 0.259 e. The van der Waals surface area contributed by atoms with Crippen LogP contribution in [0.1, 0.15) is 10.4 Å². The van der Waals surface area contributed by atoms with Gasteiger partial charge in [-0.05, 0) is 12.1 Å². The molecule has 0 atom stereocenters. The van der Waals surface area contributed by atoms with E-state index in [4.69, 9.17) is 34.8 Å². The predicted octanol–water partition coefficient (Wildman–Crippen LogP) is 3.69. The summed E-state index contributed by atoms with van der Waals surface area (Å²) in [5.41, 5.74) is 0.183. The molecule has 18 heavy (non-hydrogen) atoms. The van der Waals surface area contributed by atoms with Crippen molar-refractivity contribution in [1.29, 1.82) is 0 Å². The quantitative estimate of drug-likeness (QED) is 0.920. The number of nitrogens with zero attached hydrogens (tertiary/aromatic N) is 2. The Morgan fingerprint density at radius 1 is 1.11 bits per heavy atom. The fraction of sp³-hybridized carbons (Fsp3) is 0. The third kappa shape index (κ3) is 2.90. The lowest BCUT2D eigenvalue weighted by Gasteiger charge is -2.07. The molecule has 0 bridgehead atoms. The van der Waals surface area contributed by atoms with Gasteiger partial charge >= 0.3 is 0 Å². The summed E-state index contributed by atoms with van der Waals surface area (Å²) in [6, 6.07) is 4.80. The first-order valence-corrected chi connectivity index (χ1v) is 5.94. The molecule has 4 nitrogen and oxygen atoms in total. The lowest BCUT2D eigenvalue weighted by atomic mass is 10.2. The third-order valence-electron chi connectivity index (χ3n) is 2.04. The fourth-order valence-electron chi connectivity index (χ4n) is 1.30. The molecule has 0 unspecified atom stereocenters. The van der Waals surface area contributed by atoms with E-state index in [9.17, 15) is 4.79 Å². The van der Waals surface area contributed by atoms with Crippen LogP contribution in [0.4, 0.5) is 5.82 Å². The Bertz CT molecular complexity index is 584. The van der Waals surface area contributed by atoms with Crippen LogP contribution in [0.2, 0.25) is 15.2 Å². The van der Waals surface area contributed by atoms with Crippen LogP contribution >= 0.6 is 34.8 Å². The molecule has 1 aromatic carbocycles. The highest BCUT2D eigenvalue weighted by atomic mass is 35.5. The number of hydrogen-bond acceptors (Lipinski definition) is 3. The van der Waals surface area contributed by atoms with Crippen molar-refractivity contribution in [1.82, 2.24) is 9.97 Å². The molecule has 0 aliphatic heterocycles. The molecule has 0 spiro atoms. The SMILES string of the molecule is O=C(Nc1cncc(Cl)n1)c1c(Cl)cccc1Cl. The highest BCUT2D eigenvalue weighted by Crippen LogP contribution is 2.25. The van der Waals surface area contributed by atoms with Crippen molar-refractivity contribution < 1.29 is 4.79 Å².